The largest absolute Gasteiger partial charge is 0.369 e. The number of carbonyl (C=O) groups is 1. The van der Waals surface area contributed by atoms with Crippen molar-refractivity contribution >= 4 is 5.91 Å². The average Bonchev–Trinajstić information content (AvgIpc) is 3.03. The normalized spacial score (nSPS) is 24.0. The molecule has 0 aromatic heterocycles. The van der Waals surface area contributed by atoms with Gasteiger partial charge in [0, 0.05) is 31.7 Å². The summed E-state index contributed by atoms with van der Waals surface area (Å²) >= 11 is 0. The van der Waals surface area contributed by atoms with E-state index in [9.17, 15) is 4.79 Å². The van der Waals surface area contributed by atoms with Gasteiger partial charge in [0.2, 0.25) is 5.91 Å². The molecule has 3 aliphatic rings. The van der Waals surface area contributed by atoms with Crippen molar-refractivity contribution in [1.29, 1.82) is 0 Å². The number of hydrogen-bond acceptors (Lipinski definition) is 3. The molecule has 2 bridgehead atoms. The molecule has 2 aliphatic heterocycles. The van der Waals surface area contributed by atoms with Gasteiger partial charge >= 0.3 is 0 Å². The minimum Gasteiger partial charge on any atom is -0.369 e. The summed E-state index contributed by atoms with van der Waals surface area (Å²) < 4.78 is 0. The van der Waals surface area contributed by atoms with E-state index in [1.54, 1.807) is 0 Å². The predicted molar refractivity (Wildman–Crippen MR) is 130 cm³/mol. The topological polar surface area (TPSA) is 49.6 Å². The first-order valence-electron chi connectivity index (χ1n) is 12.6. The molecule has 4 heteroatoms. The molecule has 4 nitrogen and oxygen atoms in total. The highest BCUT2D eigenvalue weighted by Gasteiger charge is 2.40. The van der Waals surface area contributed by atoms with E-state index in [1.165, 1.54) is 44.3 Å². The molecule has 1 aromatic rings. The van der Waals surface area contributed by atoms with Gasteiger partial charge in [-0.3, -0.25) is 9.69 Å². The van der Waals surface area contributed by atoms with Crippen molar-refractivity contribution in [2.75, 3.05) is 26.2 Å². The maximum absolute atomic E-state index is 13.1. The summed E-state index contributed by atoms with van der Waals surface area (Å²) in [6.45, 7) is 15.3. The van der Waals surface area contributed by atoms with Crippen molar-refractivity contribution in [1.82, 2.24) is 9.80 Å². The number of benzene rings is 1. The molecule has 0 spiro atoms. The van der Waals surface area contributed by atoms with Crippen LogP contribution in [0, 0.1) is 18.8 Å². The zero-order valence-corrected chi connectivity index (χ0v) is 20.6. The fourth-order valence-electron chi connectivity index (χ4n) is 6.04. The highest BCUT2D eigenvalue weighted by atomic mass is 16.1. The number of nitrogens with zero attached hydrogens (tertiary/aromatic N) is 2. The lowest BCUT2D eigenvalue weighted by molar-refractivity contribution is -0.124. The zero-order chi connectivity index (χ0) is 22.6. The van der Waals surface area contributed by atoms with Gasteiger partial charge in [0.05, 0.1) is 5.41 Å². The second-order valence-corrected chi connectivity index (χ2v) is 10.9. The highest BCUT2D eigenvalue weighted by Crippen LogP contribution is 2.37. The van der Waals surface area contributed by atoms with Crippen LogP contribution >= 0.6 is 0 Å². The van der Waals surface area contributed by atoms with Gasteiger partial charge in [0.1, 0.15) is 0 Å². The van der Waals surface area contributed by atoms with E-state index in [2.05, 4.69) is 68.7 Å². The molecule has 2 N–H and O–H groups in total. The molecule has 2 heterocycles. The first-order chi connectivity index (χ1) is 14.7. The summed E-state index contributed by atoms with van der Waals surface area (Å²) in [5.74, 6) is 1.53. The van der Waals surface area contributed by atoms with Crippen LogP contribution in [-0.2, 0) is 10.2 Å². The van der Waals surface area contributed by atoms with Gasteiger partial charge < -0.3 is 10.6 Å². The molecule has 1 saturated carbocycles. The average molecular weight is 428 g/mol. The van der Waals surface area contributed by atoms with E-state index in [4.69, 9.17) is 5.73 Å². The van der Waals surface area contributed by atoms with Crippen molar-refractivity contribution in [3.63, 3.8) is 0 Å². The third kappa shape index (κ3) is 5.90. The summed E-state index contributed by atoms with van der Waals surface area (Å²) in [7, 11) is 0. The summed E-state index contributed by atoms with van der Waals surface area (Å²) in [5, 5.41) is 0. The van der Waals surface area contributed by atoms with E-state index < -0.39 is 5.41 Å². The maximum Gasteiger partial charge on any atom is 0.228 e. The molecule has 31 heavy (non-hydrogen) atoms. The SMILES string of the molecule is Cc1ccc(C(CCN2CC3CCC(CC3)C2)(CCN(C(C)C)C(C)C)C(N)=O)cc1. The van der Waals surface area contributed by atoms with Crippen LogP contribution < -0.4 is 5.73 Å². The van der Waals surface area contributed by atoms with Crippen molar-refractivity contribution in [2.45, 2.75) is 90.6 Å². The fourth-order valence-corrected chi connectivity index (χ4v) is 6.04. The Bertz CT molecular complexity index is 684. The number of rotatable bonds is 10. The Kier molecular flexibility index (Phi) is 8.20. The summed E-state index contributed by atoms with van der Waals surface area (Å²) in [6, 6.07) is 9.43. The van der Waals surface area contributed by atoms with Crippen LogP contribution in [-0.4, -0.2) is 54.0 Å². The summed E-state index contributed by atoms with van der Waals surface area (Å²) in [5.41, 5.74) is 7.92. The molecule has 1 aromatic carbocycles. The molecular weight excluding hydrogens is 382 g/mol. The number of hydrogen-bond donors (Lipinski definition) is 1. The standard InChI is InChI=1S/C27H45N3O/c1-20(2)30(21(3)4)17-15-27(26(28)31,25-12-6-22(5)7-13-25)14-16-29-18-23-8-9-24(19-29)11-10-23/h6-7,12-13,20-21,23-24H,8-11,14-19H2,1-5H3,(H2,28,31). The molecule has 1 unspecified atom stereocenters. The van der Waals surface area contributed by atoms with E-state index in [1.807, 2.05) is 0 Å². The van der Waals surface area contributed by atoms with Crippen molar-refractivity contribution in [2.24, 2.45) is 17.6 Å². The Morgan fingerprint density at radius 1 is 1.00 bits per heavy atom. The van der Waals surface area contributed by atoms with Crippen LogP contribution in [0.25, 0.3) is 0 Å². The molecule has 0 radical (unpaired) electrons. The van der Waals surface area contributed by atoms with E-state index in [0.717, 1.165) is 43.3 Å². The van der Waals surface area contributed by atoms with Crippen molar-refractivity contribution in [3.05, 3.63) is 35.4 Å². The Balaban J connectivity index is 1.83. The van der Waals surface area contributed by atoms with Crippen molar-refractivity contribution in [3.8, 4) is 0 Å². The van der Waals surface area contributed by atoms with Crippen LogP contribution in [0.5, 0.6) is 0 Å². The molecular formula is C27H45N3O. The van der Waals surface area contributed by atoms with Crippen LogP contribution in [0.2, 0.25) is 0 Å². The Morgan fingerprint density at radius 3 is 1.97 bits per heavy atom. The summed E-state index contributed by atoms with van der Waals surface area (Å²) in [4.78, 5) is 18.3. The fraction of sp³-hybridized carbons (Fsp3) is 0.741. The quantitative estimate of drug-likeness (QED) is 0.587. The molecule has 1 atom stereocenters. The van der Waals surface area contributed by atoms with Crippen molar-refractivity contribution < 1.29 is 4.79 Å². The van der Waals surface area contributed by atoms with E-state index in [0.29, 0.717) is 12.1 Å². The molecule has 1 amide bonds. The smallest absolute Gasteiger partial charge is 0.228 e. The van der Waals surface area contributed by atoms with Gasteiger partial charge in [0.25, 0.3) is 0 Å². The number of fused-ring (bicyclic) bond motifs is 4. The zero-order valence-electron chi connectivity index (χ0n) is 20.6. The second-order valence-electron chi connectivity index (χ2n) is 10.9. The first kappa shape index (κ1) is 24.3. The Labute approximate surface area is 190 Å². The highest BCUT2D eigenvalue weighted by molar-refractivity contribution is 5.86. The van der Waals surface area contributed by atoms with Gasteiger partial charge in [-0.2, -0.15) is 0 Å². The van der Waals surface area contributed by atoms with Crippen LogP contribution in [0.15, 0.2) is 24.3 Å². The second kappa shape index (κ2) is 10.5. The first-order valence-corrected chi connectivity index (χ1v) is 12.6. The number of nitrogens with two attached hydrogens (primary N) is 1. The van der Waals surface area contributed by atoms with Crippen LogP contribution in [0.1, 0.15) is 77.3 Å². The Hall–Kier alpha value is -1.39. The van der Waals surface area contributed by atoms with Gasteiger partial charge in [0.15, 0.2) is 0 Å². The lowest BCUT2D eigenvalue weighted by Gasteiger charge is -2.38. The predicted octanol–water partition coefficient (Wildman–Crippen LogP) is 4.74. The lowest BCUT2D eigenvalue weighted by atomic mass is 9.73. The molecule has 3 fully saturated rings. The molecule has 4 rings (SSSR count). The van der Waals surface area contributed by atoms with Gasteiger partial charge in [-0.1, -0.05) is 29.8 Å². The number of aryl methyl sites for hydroxylation is 1. The van der Waals surface area contributed by atoms with Gasteiger partial charge in [-0.15, -0.1) is 0 Å². The summed E-state index contributed by atoms with van der Waals surface area (Å²) in [6.07, 6.45) is 7.14. The van der Waals surface area contributed by atoms with Gasteiger partial charge in [-0.05, 0) is 97.1 Å². The maximum atomic E-state index is 13.1. The third-order valence-corrected chi connectivity index (χ3v) is 8.05. The minimum absolute atomic E-state index is 0.165. The molecule has 2 saturated heterocycles. The monoisotopic (exact) mass is 427 g/mol. The van der Waals surface area contributed by atoms with E-state index >= 15 is 0 Å². The minimum atomic E-state index is -0.610. The van der Waals surface area contributed by atoms with Crippen LogP contribution in [0.3, 0.4) is 0 Å². The Morgan fingerprint density at radius 2 is 1.52 bits per heavy atom. The van der Waals surface area contributed by atoms with Gasteiger partial charge in [-0.25, -0.2) is 0 Å². The third-order valence-electron chi connectivity index (χ3n) is 8.05. The number of carbonyl (C=O) groups excluding carboxylic acids is 1. The lowest BCUT2D eigenvalue weighted by Crippen LogP contribution is -2.48. The molecule has 174 valence electrons. The number of primary amides is 1. The number of amides is 1. The molecule has 1 aliphatic carbocycles. The van der Waals surface area contributed by atoms with E-state index in [-0.39, 0.29) is 5.91 Å². The van der Waals surface area contributed by atoms with Crippen LogP contribution in [0.4, 0.5) is 0 Å².